The van der Waals surface area contributed by atoms with Gasteiger partial charge < -0.3 is 15.7 Å². The summed E-state index contributed by atoms with van der Waals surface area (Å²) in [4.78, 5) is 22.9. The normalized spacial score (nSPS) is 22.2. The first kappa shape index (κ1) is 13.4. The maximum atomic E-state index is 11.8. The van der Waals surface area contributed by atoms with Gasteiger partial charge in [-0.15, -0.1) is 0 Å². The second-order valence-electron chi connectivity index (χ2n) is 4.88. The molecule has 0 saturated heterocycles. The van der Waals surface area contributed by atoms with Crippen LogP contribution in [0.25, 0.3) is 0 Å². The summed E-state index contributed by atoms with van der Waals surface area (Å²) in [5.74, 6) is -1.33. The number of nitrogens with one attached hydrogen (secondary N) is 2. The first-order valence-electron chi connectivity index (χ1n) is 6.28. The van der Waals surface area contributed by atoms with Crippen LogP contribution in [0.1, 0.15) is 25.0 Å². The molecule has 1 aromatic rings. The molecule has 1 aliphatic rings. The van der Waals surface area contributed by atoms with Crippen molar-refractivity contribution in [1.82, 2.24) is 15.1 Å². The van der Waals surface area contributed by atoms with E-state index in [1.807, 2.05) is 0 Å². The molecule has 2 rings (SSSR count). The van der Waals surface area contributed by atoms with E-state index in [4.69, 9.17) is 5.11 Å². The van der Waals surface area contributed by atoms with Gasteiger partial charge in [-0.05, 0) is 19.8 Å². The molecular weight excluding hydrogens is 248 g/mol. The molecule has 1 fully saturated rings. The Morgan fingerprint density at radius 1 is 1.47 bits per heavy atom. The van der Waals surface area contributed by atoms with Crippen LogP contribution < -0.4 is 10.6 Å². The minimum absolute atomic E-state index is 0.297. The molecule has 19 heavy (non-hydrogen) atoms. The van der Waals surface area contributed by atoms with Gasteiger partial charge in [-0.2, -0.15) is 5.10 Å². The molecule has 2 unspecified atom stereocenters. The van der Waals surface area contributed by atoms with E-state index in [0.717, 1.165) is 12.1 Å². The Labute approximate surface area is 111 Å². The number of hydrogen-bond donors (Lipinski definition) is 3. The highest BCUT2D eigenvalue weighted by molar-refractivity contribution is 5.90. The summed E-state index contributed by atoms with van der Waals surface area (Å²) in [7, 11) is 1.77. The van der Waals surface area contributed by atoms with Gasteiger partial charge in [0.15, 0.2) is 0 Å². The zero-order valence-electron chi connectivity index (χ0n) is 11.0. The second-order valence-corrected chi connectivity index (χ2v) is 4.88. The molecule has 0 spiro atoms. The molecule has 1 saturated carbocycles. The Bertz CT molecular complexity index is 497. The van der Waals surface area contributed by atoms with E-state index in [0.29, 0.717) is 18.5 Å². The molecule has 1 aromatic heterocycles. The quantitative estimate of drug-likeness (QED) is 0.763. The molecule has 0 aliphatic heterocycles. The summed E-state index contributed by atoms with van der Waals surface area (Å²) in [6.07, 6.45) is 3.86. The third-order valence-electron chi connectivity index (χ3n) is 3.41. The molecular formula is C12H18N4O3. The Morgan fingerprint density at radius 3 is 2.79 bits per heavy atom. The number of carbonyl (C=O) groups excluding carboxylic acids is 1. The van der Waals surface area contributed by atoms with Gasteiger partial charge in [0.25, 0.3) is 0 Å². The predicted molar refractivity (Wildman–Crippen MR) is 68.9 cm³/mol. The van der Waals surface area contributed by atoms with Crippen LogP contribution in [0, 0.1) is 12.8 Å². The molecule has 0 radical (unpaired) electrons. The molecule has 7 nitrogen and oxygen atoms in total. The number of nitrogens with zero attached hydrogens (tertiary/aromatic N) is 2. The largest absolute Gasteiger partial charge is 0.481 e. The van der Waals surface area contributed by atoms with Gasteiger partial charge in [-0.3, -0.25) is 9.48 Å². The Kier molecular flexibility index (Phi) is 3.73. The van der Waals surface area contributed by atoms with Gasteiger partial charge in [0.1, 0.15) is 0 Å². The number of rotatable bonds is 3. The van der Waals surface area contributed by atoms with Crippen LogP contribution in [-0.2, 0) is 11.8 Å². The number of carboxylic acid groups (broad SMARTS) is 1. The van der Waals surface area contributed by atoms with Crippen LogP contribution in [0.5, 0.6) is 0 Å². The topological polar surface area (TPSA) is 96.3 Å². The van der Waals surface area contributed by atoms with Crippen molar-refractivity contribution in [1.29, 1.82) is 0 Å². The average Bonchev–Trinajstić information content (AvgIpc) is 2.86. The van der Waals surface area contributed by atoms with Crippen LogP contribution >= 0.6 is 0 Å². The van der Waals surface area contributed by atoms with Crippen molar-refractivity contribution in [3.63, 3.8) is 0 Å². The summed E-state index contributed by atoms with van der Waals surface area (Å²) < 4.78 is 1.61. The van der Waals surface area contributed by atoms with Gasteiger partial charge in [-0.1, -0.05) is 6.42 Å². The first-order chi connectivity index (χ1) is 8.97. The summed E-state index contributed by atoms with van der Waals surface area (Å²) in [5.41, 5.74) is 1.35. The van der Waals surface area contributed by atoms with Crippen molar-refractivity contribution in [3.8, 4) is 0 Å². The first-order valence-corrected chi connectivity index (χ1v) is 6.28. The smallest absolute Gasteiger partial charge is 0.319 e. The van der Waals surface area contributed by atoms with Crippen molar-refractivity contribution in [2.45, 2.75) is 32.2 Å². The van der Waals surface area contributed by atoms with E-state index in [1.165, 1.54) is 0 Å². The average molecular weight is 266 g/mol. The van der Waals surface area contributed by atoms with Crippen molar-refractivity contribution < 1.29 is 14.7 Å². The summed E-state index contributed by atoms with van der Waals surface area (Å²) in [6, 6.07) is -0.677. The maximum Gasteiger partial charge on any atom is 0.319 e. The van der Waals surface area contributed by atoms with Crippen LogP contribution in [0.4, 0.5) is 10.5 Å². The third kappa shape index (κ3) is 3.04. The SMILES string of the molecule is Cc1nn(C)cc1NC(=O)NC1CCCC1C(=O)O. The van der Waals surface area contributed by atoms with Crippen LogP contribution in [0.3, 0.4) is 0 Å². The number of hydrogen-bond acceptors (Lipinski definition) is 3. The lowest BCUT2D eigenvalue weighted by Crippen LogP contribution is -2.42. The molecule has 2 amide bonds. The second kappa shape index (κ2) is 5.29. The minimum Gasteiger partial charge on any atom is -0.481 e. The highest BCUT2D eigenvalue weighted by Gasteiger charge is 2.33. The molecule has 3 N–H and O–H groups in total. The standard InChI is InChI=1S/C12H18N4O3/c1-7-10(6-16(2)15-7)14-12(19)13-9-5-3-4-8(9)11(17)18/h6,8-9H,3-5H2,1-2H3,(H,17,18)(H2,13,14,19). The van der Waals surface area contributed by atoms with Crippen molar-refractivity contribution in [2.24, 2.45) is 13.0 Å². The van der Waals surface area contributed by atoms with E-state index >= 15 is 0 Å². The van der Waals surface area contributed by atoms with Gasteiger partial charge in [0, 0.05) is 19.3 Å². The highest BCUT2D eigenvalue weighted by atomic mass is 16.4. The Balaban J connectivity index is 1.94. The van der Waals surface area contributed by atoms with Crippen LogP contribution in [0.2, 0.25) is 0 Å². The van der Waals surface area contributed by atoms with Crippen molar-refractivity contribution in [2.75, 3.05) is 5.32 Å². The lowest BCUT2D eigenvalue weighted by Gasteiger charge is -2.17. The van der Waals surface area contributed by atoms with E-state index in [-0.39, 0.29) is 12.1 Å². The van der Waals surface area contributed by atoms with Crippen LogP contribution in [-0.4, -0.2) is 32.9 Å². The fourth-order valence-electron chi connectivity index (χ4n) is 2.48. The van der Waals surface area contributed by atoms with E-state index in [9.17, 15) is 9.59 Å². The molecule has 0 bridgehead atoms. The lowest BCUT2D eigenvalue weighted by atomic mass is 10.0. The van der Waals surface area contributed by atoms with Gasteiger partial charge in [0.2, 0.25) is 0 Å². The summed E-state index contributed by atoms with van der Waals surface area (Å²) in [6.45, 7) is 1.80. The molecule has 0 aromatic carbocycles. The van der Waals surface area contributed by atoms with Crippen molar-refractivity contribution in [3.05, 3.63) is 11.9 Å². The van der Waals surface area contributed by atoms with Gasteiger partial charge >= 0.3 is 12.0 Å². The molecule has 1 aliphatic carbocycles. The lowest BCUT2D eigenvalue weighted by molar-refractivity contribution is -0.142. The number of carboxylic acids is 1. The monoisotopic (exact) mass is 266 g/mol. The van der Waals surface area contributed by atoms with E-state index < -0.39 is 11.9 Å². The molecule has 2 atom stereocenters. The number of aromatic nitrogens is 2. The predicted octanol–water partition coefficient (Wildman–Crippen LogP) is 1.10. The van der Waals surface area contributed by atoms with Gasteiger partial charge in [0.05, 0.1) is 17.3 Å². The zero-order valence-corrected chi connectivity index (χ0v) is 11.0. The van der Waals surface area contributed by atoms with Crippen molar-refractivity contribution >= 4 is 17.7 Å². The fraction of sp³-hybridized carbons (Fsp3) is 0.583. The maximum absolute atomic E-state index is 11.8. The number of anilines is 1. The molecule has 1 heterocycles. The highest BCUT2D eigenvalue weighted by Crippen LogP contribution is 2.25. The number of amides is 2. The molecule has 104 valence electrons. The number of aliphatic carboxylic acids is 1. The Morgan fingerprint density at radius 2 is 2.21 bits per heavy atom. The van der Waals surface area contributed by atoms with Gasteiger partial charge in [-0.25, -0.2) is 4.79 Å². The number of aryl methyl sites for hydroxylation is 2. The van der Waals surface area contributed by atoms with E-state index in [1.54, 1.807) is 24.9 Å². The third-order valence-corrected chi connectivity index (χ3v) is 3.41. The van der Waals surface area contributed by atoms with E-state index in [2.05, 4.69) is 15.7 Å². The summed E-state index contributed by atoms with van der Waals surface area (Å²) in [5, 5.41) is 18.6. The zero-order chi connectivity index (χ0) is 14.0. The number of urea groups is 1. The molecule has 7 heteroatoms. The number of carbonyl (C=O) groups is 2. The fourth-order valence-corrected chi connectivity index (χ4v) is 2.48. The minimum atomic E-state index is -0.847. The van der Waals surface area contributed by atoms with Crippen LogP contribution in [0.15, 0.2) is 6.20 Å². The Hall–Kier alpha value is -2.05. The summed E-state index contributed by atoms with van der Waals surface area (Å²) >= 11 is 0.